The highest BCUT2D eigenvalue weighted by Gasteiger charge is 2.23. The van der Waals surface area contributed by atoms with E-state index >= 15 is 0 Å². The monoisotopic (exact) mass is 222 g/mol. The Morgan fingerprint density at radius 2 is 2.38 bits per heavy atom. The van der Waals surface area contributed by atoms with E-state index < -0.39 is 0 Å². The van der Waals surface area contributed by atoms with Gasteiger partial charge in [0.05, 0.1) is 0 Å². The molecular weight excluding hydrogens is 204 g/mol. The normalized spacial score (nSPS) is 14.6. The molecule has 0 spiro atoms. The summed E-state index contributed by atoms with van der Waals surface area (Å²) in [5.41, 5.74) is 2.73. The number of nitrogens with zero attached hydrogens (tertiary/aromatic N) is 2. The van der Waals surface area contributed by atoms with E-state index in [1.807, 2.05) is 7.05 Å². The van der Waals surface area contributed by atoms with Crippen molar-refractivity contribution in [3.8, 4) is 0 Å². The van der Waals surface area contributed by atoms with Crippen LogP contribution in [0.2, 0.25) is 0 Å². The Morgan fingerprint density at radius 1 is 1.56 bits per heavy atom. The van der Waals surface area contributed by atoms with Gasteiger partial charge in [-0.2, -0.15) is 5.10 Å². The fourth-order valence-electron chi connectivity index (χ4n) is 2.02. The van der Waals surface area contributed by atoms with Crippen molar-refractivity contribution in [1.29, 1.82) is 0 Å². The highest BCUT2D eigenvalue weighted by atomic mass is 16.2. The molecule has 2 heterocycles. The molecule has 0 aromatic carbocycles. The summed E-state index contributed by atoms with van der Waals surface area (Å²) in [4.78, 5) is 13.8. The maximum atomic E-state index is 12.1. The summed E-state index contributed by atoms with van der Waals surface area (Å²) in [5, 5.41) is 10.4. The molecule has 2 rings (SSSR count). The maximum Gasteiger partial charge on any atom is 0.274 e. The Balaban J connectivity index is 2.20. The molecule has 5 nitrogen and oxygen atoms in total. The predicted molar refractivity (Wildman–Crippen MR) is 61.2 cm³/mol. The van der Waals surface area contributed by atoms with Crippen molar-refractivity contribution < 1.29 is 4.79 Å². The molecule has 0 fully saturated rings. The zero-order valence-electron chi connectivity index (χ0n) is 9.84. The van der Waals surface area contributed by atoms with Crippen LogP contribution in [0.4, 0.5) is 0 Å². The molecule has 0 saturated heterocycles. The number of hydrogen-bond acceptors (Lipinski definition) is 3. The number of H-pyrrole nitrogens is 1. The van der Waals surface area contributed by atoms with Gasteiger partial charge in [-0.1, -0.05) is 6.92 Å². The van der Waals surface area contributed by atoms with E-state index in [0.29, 0.717) is 5.69 Å². The standard InChI is InChI=1S/C11H18N4O/c1-3-6-15(2)11(16)10-8-7-12-5-4-9(8)13-14-10/h12H,3-7H2,1-2H3,(H,13,14). The number of nitrogens with one attached hydrogen (secondary N) is 2. The van der Waals surface area contributed by atoms with Crippen LogP contribution in [0.15, 0.2) is 0 Å². The van der Waals surface area contributed by atoms with Crippen LogP contribution in [0.1, 0.15) is 35.1 Å². The van der Waals surface area contributed by atoms with E-state index in [0.717, 1.165) is 43.7 Å². The smallest absolute Gasteiger partial charge is 0.274 e. The number of fused-ring (bicyclic) bond motifs is 1. The van der Waals surface area contributed by atoms with Gasteiger partial charge in [-0.3, -0.25) is 9.89 Å². The van der Waals surface area contributed by atoms with Crippen molar-refractivity contribution in [1.82, 2.24) is 20.4 Å². The number of amides is 1. The second-order valence-corrected chi connectivity index (χ2v) is 4.18. The van der Waals surface area contributed by atoms with Gasteiger partial charge in [-0.25, -0.2) is 0 Å². The number of carbonyl (C=O) groups is 1. The molecular formula is C11H18N4O. The SMILES string of the molecule is CCCN(C)C(=O)c1n[nH]c2c1CNCC2. The molecule has 0 bridgehead atoms. The summed E-state index contributed by atoms with van der Waals surface area (Å²) >= 11 is 0. The fraction of sp³-hybridized carbons (Fsp3) is 0.636. The van der Waals surface area contributed by atoms with Crippen LogP contribution >= 0.6 is 0 Å². The molecule has 88 valence electrons. The van der Waals surface area contributed by atoms with Crippen LogP contribution in [-0.4, -0.2) is 41.1 Å². The van der Waals surface area contributed by atoms with Crippen LogP contribution < -0.4 is 5.32 Å². The second-order valence-electron chi connectivity index (χ2n) is 4.18. The van der Waals surface area contributed by atoms with Crippen LogP contribution in [0.25, 0.3) is 0 Å². The van der Waals surface area contributed by atoms with Crippen LogP contribution in [0, 0.1) is 0 Å². The first-order valence-corrected chi connectivity index (χ1v) is 5.76. The molecule has 1 aromatic heterocycles. The van der Waals surface area contributed by atoms with Crippen molar-refractivity contribution >= 4 is 5.91 Å². The molecule has 1 amide bonds. The van der Waals surface area contributed by atoms with Gasteiger partial charge < -0.3 is 10.2 Å². The lowest BCUT2D eigenvalue weighted by Crippen LogP contribution is -2.30. The molecule has 2 N–H and O–H groups in total. The van der Waals surface area contributed by atoms with Gasteiger partial charge in [0.1, 0.15) is 0 Å². The lowest BCUT2D eigenvalue weighted by molar-refractivity contribution is 0.0788. The minimum atomic E-state index is 0.0167. The molecule has 0 atom stereocenters. The van der Waals surface area contributed by atoms with Crippen molar-refractivity contribution in [3.05, 3.63) is 17.0 Å². The molecule has 0 unspecified atom stereocenters. The van der Waals surface area contributed by atoms with Gasteiger partial charge in [0, 0.05) is 44.4 Å². The largest absolute Gasteiger partial charge is 0.340 e. The van der Waals surface area contributed by atoms with Crippen LogP contribution in [0.5, 0.6) is 0 Å². The summed E-state index contributed by atoms with van der Waals surface area (Å²) in [6, 6.07) is 0. The maximum absolute atomic E-state index is 12.1. The Morgan fingerprint density at radius 3 is 3.12 bits per heavy atom. The van der Waals surface area contributed by atoms with Crippen molar-refractivity contribution in [2.45, 2.75) is 26.3 Å². The first-order valence-electron chi connectivity index (χ1n) is 5.76. The van der Waals surface area contributed by atoms with Crippen LogP contribution in [0.3, 0.4) is 0 Å². The quantitative estimate of drug-likeness (QED) is 0.784. The lowest BCUT2D eigenvalue weighted by atomic mass is 10.1. The van der Waals surface area contributed by atoms with Gasteiger partial charge in [0.15, 0.2) is 5.69 Å². The van der Waals surface area contributed by atoms with Gasteiger partial charge in [-0.15, -0.1) is 0 Å². The minimum Gasteiger partial charge on any atom is -0.340 e. The van der Waals surface area contributed by atoms with Gasteiger partial charge in [-0.05, 0) is 6.42 Å². The summed E-state index contributed by atoms with van der Waals surface area (Å²) in [6.07, 6.45) is 1.89. The summed E-state index contributed by atoms with van der Waals surface area (Å²) in [5.74, 6) is 0.0167. The fourth-order valence-corrected chi connectivity index (χ4v) is 2.02. The van der Waals surface area contributed by atoms with E-state index in [1.165, 1.54) is 0 Å². The third kappa shape index (κ3) is 1.95. The number of carbonyl (C=O) groups excluding carboxylic acids is 1. The number of rotatable bonds is 3. The predicted octanol–water partition coefficient (Wildman–Crippen LogP) is 0.537. The van der Waals surface area contributed by atoms with Crippen LogP contribution in [-0.2, 0) is 13.0 Å². The molecule has 1 aliphatic heterocycles. The zero-order chi connectivity index (χ0) is 11.5. The average molecular weight is 222 g/mol. The van der Waals surface area contributed by atoms with E-state index in [2.05, 4.69) is 22.4 Å². The third-order valence-corrected chi connectivity index (χ3v) is 2.91. The van der Waals surface area contributed by atoms with E-state index in [-0.39, 0.29) is 5.91 Å². The van der Waals surface area contributed by atoms with Gasteiger partial charge in [0.2, 0.25) is 0 Å². The second kappa shape index (κ2) is 4.65. The minimum absolute atomic E-state index is 0.0167. The zero-order valence-corrected chi connectivity index (χ0v) is 9.84. The van der Waals surface area contributed by atoms with Crippen molar-refractivity contribution in [2.24, 2.45) is 0 Å². The van der Waals surface area contributed by atoms with E-state index in [4.69, 9.17) is 0 Å². The molecule has 5 heteroatoms. The van der Waals surface area contributed by atoms with Crippen molar-refractivity contribution in [3.63, 3.8) is 0 Å². The lowest BCUT2D eigenvalue weighted by Gasteiger charge is -2.17. The molecule has 16 heavy (non-hydrogen) atoms. The van der Waals surface area contributed by atoms with Gasteiger partial charge in [0.25, 0.3) is 5.91 Å². The Labute approximate surface area is 95.2 Å². The Bertz CT molecular complexity index is 385. The first-order chi connectivity index (χ1) is 7.74. The highest BCUT2D eigenvalue weighted by molar-refractivity contribution is 5.93. The first kappa shape index (κ1) is 11.1. The Kier molecular flexibility index (Phi) is 3.24. The topological polar surface area (TPSA) is 61.0 Å². The third-order valence-electron chi connectivity index (χ3n) is 2.91. The van der Waals surface area contributed by atoms with E-state index in [9.17, 15) is 4.79 Å². The molecule has 0 aliphatic carbocycles. The molecule has 1 aromatic rings. The van der Waals surface area contributed by atoms with Gasteiger partial charge >= 0.3 is 0 Å². The number of hydrogen-bond donors (Lipinski definition) is 2. The number of aromatic nitrogens is 2. The summed E-state index contributed by atoms with van der Waals surface area (Å²) in [6.45, 7) is 4.53. The van der Waals surface area contributed by atoms with Crippen molar-refractivity contribution in [2.75, 3.05) is 20.1 Å². The number of aromatic amines is 1. The average Bonchev–Trinajstić information content (AvgIpc) is 2.72. The Hall–Kier alpha value is -1.36. The summed E-state index contributed by atoms with van der Waals surface area (Å²) in [7, 11) is 1.82. The molecule has 1 aliphatic rings. The summed E-state index contributed by atoms with van der Waals surface area (Å²) < 4.78 is 0. The highest BCUT2D eigenvalue weighted by Crippen LogP contribution is 2.16. The molecule has 0 radical (unpaired) electrons. The molecule has 0 saturated carbocycles. The van der Waals surface area contributed by atoms with E-state index in [1.54, 1.807) is 4.90 Å².